The van der Waals surface area contributed by atoms with Gasteiger partial charge in [-0.25, -0.2) is 13.6 Å². The maximum absolute atomic E-state index is 11.4. The van der Waals surface area contributed by atoms with E-state index in [1.54, 1.807) is 18.3 Å². The molecule has 0 saturated heterocycles. The third-order valence-electron chi connectivity index (χ3n) is 2.31. The standard InChI is InChI=1S/C14H17N3O3S/c1-3-7-16-11-14(17-8-9-20-2)12-5-4-6-13(10-12)21(15,18)19/h3-11,17H,1H2,2H3,(H2,15,18,19)/b9-8+,14-11-,16-7?. The molecule has 112 valence electrons. The zero-order valence-electron chi connectivity index (χ0n) is 11.6. The number of ether oxygens (including phenoxy) is 1. The summed E-state index contributed by atoms with van der Waals surface area (Å²) in [6.45, 7) is 3.52. The van der Waals surface area contributed by atoms with Gasteiger partial charge in [-0.15, -0.1) is 0 Å². The number of nitrogens with two attached hydrogens (primary N) is 1. The second-order valence-corrected chi connectivity index (χ2v) is 5.39. The number of aliphatic imine (C=N–C) groups is 1. The topological polar surface area (TPSA) is 93.8 Å². The van der Waals surface area contributed by atoms with Crippen molar-refractivity contribution in [1.29, 1.82) is 0 Å². The Bertz CT molecular complexity index is 676. The summed E-state index contributed by atoms with van der Waals surface area (Å²) in [6.07, 6.45) is 7.56. The third kappa shape index (κ3) is 5.64. The van der Waals surface area contributed by atoms with Gasteiger partial charge in [0.15, 0.2) is 0 Å². The van der Waals surface area contributed by atoms with Gasteiger partial charge in [0, 0.05) is 18.0 Å². The molecular formula is C14H17N3O3S. The third-order valence-corrected chi connectivity index (χ3v) is 3.22. The summed E-state index contributed by atoms with van der Waals surface area (Å²) in [5.74, 6) is 0. The van der Waals surface area contributed by atoms with Crippen LogP contribution in [0.5, 0.6) is 0 Å². The van der Waals surface area contributed by atoms with Crippen LogP contribution in [0.1, 0.15) is 5.56 Å². The molecule has 7 heteroatoms. The van der Waals surface area contributed by atoms with Crippen LogP contribution in [0.4, 0.5) is 0 Å². The lowest BCUT2D eigenvalue weighted by Crippen LogP contribution is -2.13. The van der Waals surface area contributed by atoms with Crippen molar-refractivity contribution in [1.82, 2.24) is 5.32 Å². The summed E-state index contributed by atoms with van der Waals surface area (Å²) in [4.78, 5) is 4.04. The SMILES string of the molecule is C=CC=N/C=C(\N/C=C/OC)c1cccc(S(N)(=O)=O)c1. The molecule has 0 heterocycles. The summed E-state index contributed by atoms with van der Waals surface area (Å²) in [5, 5.41) is 8.07. The lowest BCUT2D eigenvalue weighted by Gasteiger charge is -2.08. The Labute approximate surface area is 124 Å². The Kier molecular flexibility index (Phi) is 6.38. The molecule has 1 aromatic carbocycles. The van der Waals surface area contributed by atoms with Crippen LogP contribution in [-0.4, -0.2) is 21.7 Å². The second-order valence-electron chi connectivity index (χ2n) is 3.83. The quantitative estimate of drug-likeness (QED) is 0.591. The number of rotatable bonds is 7. The fraction of sp³-hybridized carbons (Fsp3) is 0.0714. The summed E-state index contributed by atoms with van der Waals surface area (Å²) in [7, 11) is -2.25. The Morgan fingerprint density at radius 3 is 2.86 bits per heavy atom. The smallest absolute Gasteiger partial charge is 0.238 e. The average molecular weight is 307 g/mol. The summed E-state index contributed by atoms with van der Waals surface area (Å²) < 4.78 is 27.6. The van der Waals surface area contributed by atoms with E-state index in [0.717, 1.165) is 0 Å². The zero-order chi connectivity index (χ0) is 15.7. The number of nitrogens with one attached hydrogen (secondary N) is 1. The average Bonchev–Trinajstić information content (AvgIpc) is 2.45. The summed E-state index contributed by atoms with van der Waals surface area (Å²) in [5.41, 5.74) is 1.19. The maximum Gasteiger partial charge on any atom is 0.238 e. The molecule has 21 heavy (non-hydrogen) atoms. The Morgan fingerprint density at radius 1 is 1.48 bits per heavy atom. The number of hydrogen-bond acceptors (Lipinski definition) is 5. The van der Waals surface area contributed by atoms with E-state index >= 15 is 0 Å². The van der Waals surface area contributed by atoms with Gasteiger partial charge in [-0.05, 0) is 12.1 Å². The monoisotopic (exact) mass is 307 g/mol. The Balaban J connectivity index is 3.19. The first kappa shape index (κ1) is 16.7. The largest absolute Gasteiger partial charge is 0.503 e. The van der Waals surface area contributed by atoms with E-state index in [9.17, 15) is 8.42 Å². The van der Waals surface area contributed by atoms with Crippen LogP contribution in [0.3, 0.4) is 0 Å². The molecular weight excluding hydrogens is 290 g/mol. The first-order valence-electron chi connectivity index (χ1n) is 5.91. The van der Waals surface area contributed by atoms with Crippen molar-refractivity contribution in [3.05, 3.63) is 61.1 Å². The minimum atomic E-state index is -3.76. The number of methoxy groups -OCH3 is 1. The number of sulfonamides is 1. The van der Waals surface area contributed by atoms with Crippen molar-refractivity contribution in [3.63, 3.8) is 0 Å². The van der Waals surface area contributed by atoms with Crippen LogP contribution in [0.15, 0.2) is 65.5 Å². The van der Waals surface area contributed by atoms with Crippen LogP contribution in [0, 0.1) is 0 Å². The van der Waals surface area contributed by atoms with Gasteiger partial charge in [-0.3, -0.25) is 4.99 Å². The number of benzene rings is 1. The van der Waals surface area contributed by atoms with Crippen molar-refractivity contribution in [2.24, 2.45) is 10.1 Å². The van der Waals surface area contributed by atoms with E-state index < -0.39 is 10.0 Å². The van der Waals surface area contributed by atoms with E-state index in [1.165, 1.54) is 44.0 Å². The number of hydrogen-bond donors (Lipinski definition) is 2. The van der Waals surface area contributed by atoms with E-state index in [1.807, 2.05) is 0 Å². The normalized spacial score (nSPS) is 12.8. The number of nitrogens with zero attached hydrogens (tertiary/aromatic N) is 1. The van der Waals surface area contributed by atoms with Gasteiger partial charge in [-0.1, -0.05) is 24.8 Å². The lowest BCUT2D eigenvalue weighted by molar-refractivity contribution is 0.336. The molecule has 0 aliphatic rings. The van der Waals surface area contributed by atoms with Gasteiger partial charge >= 0.3 is 0 Å². The molecule has 0 aromatic heterocycles. The van der Waals surface area contributed by atoms with E-state index in [2.05, 4.69) is 16.9 Å². The van der Waals surface area contributed by atoms with E-state index in [0.29, 0.717) is 11.3 Å². The maximum atomic E-state index is 11.4. The van der Waals surface area contributed by atoms with Crippen molar-refractivity contribution in [2.75, 3.05) is 7.11 Å². The van der Waals surface area contributed by atoms with Gasteiger partial charge in [-0.2, -0.15) is 0 Å². The molecule has 0 fully saturated rings. The predicted octanol–water partition coefficient (Wildman–Crippen LogP) is 1.60. The molecule has 6 nitrogen and oxygen atoms in total. The van der Waals surface area contributed by atoms with Gasteiger partial charge in [0.2, 0.25) is 10.0 Å². The first-order valence-corrected chi connectivity index (χ1v) is 7.45. The molecule has 0 spiro atoms. The highest BCUT2D eigenvalue weighted by Crippen LogP contribution is 2.16. The number of allylic oxidation sites excluding steroid dienone is 1. The van der Waals surface area contributed by atoms with Gasteiger partial charge in [0.25, 0.3) is 0 Å². The van der Waals surface area contributed by atoms with E-state index in [-0.39, 0.29) is 4.90 Å². The fourth-order valence-electron chi connectivity index (χ4n) is 1.41. The molecule has 0 aliphatic heterocycles. The summed E-state index contributed by atoms with van der Waals surface area (Å²) >= 11 is 0. The molecule has 0 unspecified atom stereocenters. The lowest BCUT2D eigenvalue weighted by atomic mass is 10.2. The molecule has 0 atom stereocenters. The van der Waals surface area contributed by atoms with Gasteiger partial charge in [0.05, 0.1) is 30.2 Å². The zero-order valence-corrected chi connectivity index (χ0v) is 12.4. The second kappa shape index (κ2) is 8.03. The molecule has 0 bridgehead atoms. The molecule has 0 saturated carbocycles. The van der Waals surface area contributed by atoms with E-state index in [4.69, 9.17) is 9.88 Å². The highest BCUT2D eigenvalue weighted by molar-refractivity contribution is 7.89. The van der Waals surface area contributed by atoms with Crippen molar-refractivity contribution in [3.8, 4) is 0 Å². The highest BCUT2D eigenvalue weighted by atomic mass is 32.2. The molecule has 0 aliphatic carbocycles. The predicted molar refractivity (Wildman–Crippen MR) is 83.8 cm³/mol. The van der Waals surface area contributed by atoms with Crippen LogP contribution in [-0.2, 0) is 14.8 Å². The van der Waals surface area contributed by atoms with Crippen molar-refractivity contribution < 1.29 is 13.2 Å². The minimum Gasteiger partial charge on any atom is -0.503 e. The first-order chi connectivity index (χ1) is 9.99. The van der Waals surface area contributed by atoms with Crippen LogP contribution in [0.2, 0.25) is 0 Å². The van der Waals surface area contributed by atoms with Crippen molar-refractivity contribution in [2.45, 2.75) is 4.90 Å². The molecule has 3 N–H and O–H groups in total. The molecule has 0 amide bonds. The number of primary sulfonamides is 1. The van der Waals surface area contributed by atoms with Crippen molar-refractivity contribution >= 4 is 21.9 Å². The van der Waals surface area contributed by atoms with Crippen LogP contribution >= 0.6 is 0 Å². The minimum absolute atomic E-state index is 0.0242. The van der Waals surface area contributed by atoms with Gasteiger partial charge < -0.3 is 10.1 Å². The summed E-state index contributed by atoms with van der Waals surface area (Å²) in [6, 6.07) is 6.21. The molecule has 0 radical (unpaired) electrons. The van der Waals surface area contributed by atoms with Crippen LogP contribution < -0.4 is 10.5 Å². The Hall–Kier alpha value is -2.38. The fourth-order valence-corrected chi connectivity index (χ4v) is 1.97. The Morgan fingerprint density at radius 2 is 2.24 bits per heavy atom. The molecule has 1 aromatic rings. The van der Waals surface area contributed by atoms with Crippen LogP contribution in [0.25, 0.3) is 5.70 Å². The highest BCUT2D eigenvalue weighted by Gasteiger charge is 2.09. The molecule has 1 rings (SSSR count). The van der Waals surface area contributed by atoms with Gasteiger partial charge in [0.1, 0.15) is 0 Å².